The summed E-state index contributed by atoms with van der Waals surface area (Å²) in [5, 5.41) is 0.207. The molecule has 0 aliphatic carbocycles. The maximum atomic E-state index is 12.1. The average Bonchev–Trinajstić information content (AvgIpc) is 2.94. The minimum Gasteiger partial charge on any atom is -0.482 e. The van der Waals surface area contributed by atoms with E-state index in [1.807, 2.05) is 0 Å². The minimum absolute atomic E-state index is 0.132. The third-order valence-corrected chi connectivity index (χ3v) is 4.95. The van der Waals surface area contributed by atoms with Gasteiger partial charge in [0.2, 0.25) is 15.8 Å². The largest absolute Gasteiger partial charge is 0.482 e. The fraction of sp³-hybridized carbons (Fsp3) is 0.286. The number of hydrogen-bond donors (Lipinski definition) is 1. The molecule has 0 aliphatic heterocycles. The van der Waals surface area contributed by atoms with Gasteiger partial charge in [-0.1, -0.05) is 11.6 Å². The number of halogens is 1. The zero-order valence-corrected chi connectivity index (χ0v) is 14.7. The Hall–Kier alpha value is -1.48. The molecule has 0 saturated carbocycles. The summed E-state index contributed by atoms with van der Waals surface area (Å²) in [5.41, 5.74) is 0. The molecule has 2 rings (SSSR count). The van der Waals surface area contributed by atoms with Gasteiger partial charge in [-0.15, -0.1) is 11.3 Å². The third kappa shape index (κ3) is 5.91. The van der Waals surface area contributed by atoms with Crippen molar-refractivity contribution in [1.82, 2.24) is 9.71 Å². The zero-order valence-electron chi connectivity index (χ0n) is 12.3. The second-order valence-electron chi connectivity index (χ2n) is 4.69. The molecule has 0 spiro atoms. The Bertz CT molecular complexity index is 790. The number of hydrogen-bond acceptors (Lipinski definition) is 6. The van der Waals surface area contributed by atoms with Crippen LogP contribution in [0.4, 0.5) is 0 Å². The van der Waals surface area contributed by atoms with Crippen LogP contribution in [-0.2, 0) is 16.4 Å². The van der Waals surface area contributed by atoms with E-state index in [9.17, 15) is 13.2 Å². The molecule has 6 nitrogen and oxygen atoms in total. The number of sulfonamides is 1. The maximum absolute atomic E-state index is 12.1. The van der Waals surface area contributed by atoms with Crippen molar-refractivity contribution in [3.63, 3.8) is 0 Å². The van der Waals surface area contributed by atoms with Crippen LogP contribution in [0.3, 0.4) is 0 Å². The molecule has 0 saturated heterocycles. The number of ketones is 1. The van der Waals surface area contributed by atoms with Gasteiger partial charge >= 0.3 is 0 Å². The van der Waals surface area contributed by atoms with Crippen LogP contribution < -0.4 is 9.46 Å². The lowest BCUT2D eigenvalue weighted by molar-refractivity contribution is 0.0925. The first-order chi connectivity index (χ1) is 10.8. The van der Waals surface area contributed by atoms with Gasteiger partial charge in [0.15, 0.2) is 17.5 Å². The first-order valence-electron chi connectivity index (χ1n) is 6.65. The van der Waals surface area contributed by atoms with Crippen molar-refractivity contribution >= 4 is 38.7 Å². The standard InChI is InChI=1S/C14H15ClN2O4S2/c1-23(19,20)17-8-6-10-4-5-13(22-10)11(18)9-21-12-3-2-7-16-14(12)15/h2-5,7,17H,6,8-9H2,1H3. The lowest BCUT2D eigenvalue weighted by atomic mass is 10.3. The van der Waals surface area contributed by atoms with Gasteiger partial charge in [-0.05, 0) is 30.7 Å². The number of nitrogens with one attached hydrogen (secondary N) is 1. The number of rotatable bonds is 8. The number of carbonyl (C=O) groups is 1. The molecule has 0 unspecified atom stereocenters. The number of carbonyl (C=O) groups excluding carboxylic acids is 1. The summed E-state index contributed by atoms with van der Waals surface area (Å²) in [4.78, 5) is 17.4. The van der Waals surface area contributed by atoms with Crippen molar-refractivity contribution in [2.45, 2.75) is 6.42 Å². The smallest absolute Gasteiger partial charge is 0.210 e. The molecule has 0 bridgehead atoms. The average molecular weight is 375 g/mol. The molecule has 124 valence electrons. The first-order valence-corrected chi connectivity index (χ1v) is 9.73. The highest BCUT2D eigenvalue weighted by Crippen LogP contribution is 2.22. The minimum atomic E-state index is -3.20. The lowest BCUT2D eigenvalue weighted by Crippen LogP contribution is -2.24. The topological polar surface area (TPSA) is 85.4 Å². The second-order valence-corrected chi connectivity index (χ2v) is 8.05. The van der Waals surface area contributed by atoms with Crippen LogP contribution in [-0.4, -0.2) is 38.6 Å². The number of pyridine rings is 1. The highest BCUT2D eigenvalue weighted by atomic mass is 35.5. The lowest BCUT2D eigenvalue weighted by Gasteiger charge is -2.05. The molecule has 0 atom stereocenters. The third-order valence-electron chi connectivity index (χ3n) is 2.76. The summed E-state index contributed by atoms with van der Waals surface area (Å²) < 4.78 is 29.7. The van der Waals surface area contributed by atoms with Crippen LogP contribution in [0.5, 0.6) is 5.75 Å². The number of Topliss-reactive ketones (excluding diaryl/α,β-unsaturated/α-hetero) is 1. The van der Waals surface area contributed by atoms with Gasteiger partial charge in [-0.25, -0.2) is 18.1 Å². The van der Waals surface area contributed by atoms with E-state index >= 15 is 0 Å². The van der Waals surface area contributed by atoms with Crippen LogP contribution in [0.2, 0.25) is 5.15 Å². The molecule has 0 fully saturated rings. The summed E-state index contributed by atoms with van der Waals surface area (Å²) in [5.74, 6) is 0.189. The molecular formula is C14H15ClN2O4S2. The fourth-order valence-electron chi connectivity index (χ4n) is 1.72. The zero-order chi connectivity index (χ0) is 16.9. The van der Waals surface area contributed by atoms with Gasteiger partial charge in [-0.2, -0.15) is 0 Å². The van der Waals surface area contributed by atoms with Crippen molar-refractivity contribution in [3.05, 3.63) is 45.4 Å². The SMILES string of the molecule is CS(=O)(=O)NCCc1ccc(C(=O)COc2cccnc2Cl)s1. The summed E-state index contributed by atoms with van der Waals surface area (Å²) in [6.45, 7) is 0.168. The Morgan fingerprint density at radius 2 is 2.17 bits per heavy atom. The van der Waals surface area contributed by atoms with E-state index in [0.29, 0.717) is 23.6 Å². The number of thiophene rings is 1. The molecule has 1 N–H and O–H groups in total. The van der Waals surface area contributed by atoms with Crippen LogP contribution in [0.25, 0.3) is 0 Å². The molecule has 2 heterocycles. The van der Waals surface area contributed by atoms with E-state index in [1.165, 1.54) is 17.5 Å². The van der Waals surface area contributed by atoms with Gasteiger partial charge in [0, 0.05) is 17.6 Å². The highest BCUT2D eigenvalue weighted by molar-refractivity contribution is 7.88. The van der Waals surface area contributed by atoms with Crippen LogP contribution in [0, 0.1) is 0 Å². The summed E-state index contributed by atoms with van der Waals surface area (Å²) in [7, 11) is -3.20. The Labute approximate surface area is 143 Å². The van der Waals surface area contributed by atoms with Gasteiger partial charge in [0.05, 0.1) is 11.1 Å². The highest BCUT2D eigenvalue weighted by Gasteiger charge is 2.12. The van der Waals surface area contributed by atoms with Crippen LogP contribution >= 0.6 is 22.9 Å². The van der Waals surface area contributed by atoms with Gasteiger partial charge < -0.3 is 4.74 Å². The monoisotopic (exact) mass is 374 g/mol. The molecule has 0 amide bonds. The molecule has 2 aromatic rings. The summed E-state index contributed by atoms with van der Waals surface area (Å²) >= 11 is 7.17. The van der Waals surface area contributed by atoms with Crippen LogP contribution in [0.15, 0.2) is 30.5 Å². The first kappa shape index (κ1) is 17.9. The number of ether oxygens (including phenoxy) is 1. The van der Waals surface area contributed by atoms with Gasteiger partial charge in [0.25, 0.3) is 0 Å². The van der Waals surface area contributed by atoms with Crippen LogP contribution in [0.1, 0.15) is 14.5 Å². The van der Waals surface area contributed by atoms with Crippen molar-refractivity contribution in [3.8, 4) is 5.75 Å². The quantitative estimate of drug-likeness (QED) is 0.565. The molecular weight excluding hydrogens is 360 g/mol. The van der Waals surface area contributed by atoms with Gasteiger partial charge in [0.1, 0.15) is 0 Å². The molecule has 0 aliphatic rings. The summed E-state index contributed by atoms with van der Waals surface area (Å²) in [6.07, 6.45) is 3.17. The van der Waals surface area contributed by atoms with E-state index < -0.39 is 10.0 Å². The van der Waals surface area contributed by atoms with E-state index in [2.05, 4.69) is 9.71 Å². The number of nitrogens with zero attached hydrogens (tertiary/aromatic N) is 1. The summed E-state index contributed by atoms with van der Waals surface area (Å²) in [6, 6.07) is 6.82. The fourth-order valence-corrected chi connectivity index (χ4v) is 3.29. The number of aromatic nitrogens is 1. The van der Waals surface area contributed by atoms with Crippen molar-refractivity contribution in [1.29, 1.82) is 0 Å². The Morgan fingerprint density at radius 1 is 1.39 bits per heavy atom. The van der Waals surface area contributed by atoms with E-state index in [4.69, 9.17) is 16.3 Å². The van der Waals surface area contributed by atoms with Crippen molar-refractivity contribution in [2.24, 2.45) is 0 Å². The van der Waals surface area contributed by atoms with E-state index in [0.717, 1.165) is 11.1 Å². The van der Waals surface area contributed by atoms with Crippen molar-refractivity contribution < 1.29 is 17.9 Å². The predicted molar refractivity (Wildman–Crippen MR) is 89.9 cm³/mol. The van der Waals surface area contributed by atoms with Crippen molar-refractivity contribution in [2.75, 3.05) is 19.4 Å². The maximum Gasteiger partial charge on any atom is 0.210 e. The van der Waals surface area contributed by atoms with Gasteiger partial charge in [-0.3, -0.25) is 4.79 Å². The molecule has 9 heteroatoms. The Morgan fingerprint density at radius 3 is 2.87 bits per heavy atom. The Balaban J connectivity index is 1.87. The normalized spacial score (nSPS) is 11.4. The van der Waals surface area contributed by atoms with E-state index in [-0.39, 0.29) is 17.5 Å². The molecule has 23 heavy (non-hydrogen) atoms. The molecule has 0 aromatic carbocycles. The molecule has 0 radical (unpaired) electrons. The Kier molecular flexibility index (Phi) is 6.11. The molecule has 2 aromatic heterocycles. The second kappa shape index (κ2) is 7.87. The predicted octanol–water partition coefficient (Wildman–Crippen LogP) is 2.15. The van der Waals surface area contributed by atoms with E-state index in [1.54, 1.807) is 24.3 Å².